The van der Waals surface area contributed by atoms with Gasteiger partial charge in [0.15, 0.2) is 5.69 Å². The molecule has 1 aromatic heterocycles. The van der Waals surface area contributed by atoms with Gasteiger partial charge in [0.05, 0.1) is 6.54 Å². The van der Waals surface area contributed by atoms with Gasteiger partial charge in [0.25, 0.3) is 5.91 Å². The fraction of sp³-hybridized carbons (Fsp3) is 0.524. The number of hydrogen-bond donors (Lipinski definition) is 1. The first kappa shape index (κ1) is 17.3. The summed E-state index contributed by atoms with van der Waals surface area (Å²) in [5.74, 6) is -0.0300. The first-order valence-electron chi connectivity index (χ1n) is 9.91. The van der Waals surface area contributed by atoms with Crippen LogP contribution in [0.15, 0.2) is 30.3 Å². The lowest BCUT2D eigenvalue weighted by Crippen LogP contribution is -2.38. The number of nitrogens with zero attached hydrogens (tertiary/aromatic N) is 3. The minimum Gasteiger partial charge on any atom is -0.351 e. The van der Waals surface area contributed by atoms with Crippen molar-refractivity contribution in [2.24, 2.45) is 0 Å². The molecular weight excluding hydrogens is 324 g/mol. The predicted molar refractivity (Wildman–Crippen MR) is 102 cm³/mol. The van der Waals surface area contributed by atoms with Gasteiger partial charge in [-0.15, -0.1) is 0 Å². The van der Waals surface area contributed by atoms with E-state index in [2.05, 4.69) is 39.2 Å². The predicted octanol–water partition coefficient (Wildman–Crippen LogP) is 2.63. The standard InChI is InChI=1S/C21H28N4O/c1-2-22-21(26)20-18-14-17(24-12-6-7-13-24)10-11-19(18)25(23-20)15-16-8-4-3-5-9-16/h3-5,8-9,17H,2,6-7,10-15H2,1H3,(H,22,26)/t17-/m0/s1. The molecule has 1 N–H and O–H groups in total. The number of carbonyl (C=O) groups excluding carboxylic acids is 1. The fourth-order valence-electron chi connectivity index (χ4n) is 4.40. The van der Waals surface area contributed by atoms with Crippen molar-refractivity contribution in [3.63, 3.8) is 0 Å². The Morgan fingerprint density at radius 3 is 2.73 bits per heavy atom. The largest absolute Gasteiger partial charge is 0.351 e. The van der Waals surface area contributed by atoms with Crippen molar-refractivity contribution in [3.8, 4) is 0 Å². The molecule has 26 heavy (non-hydrogen) atoms. The van der Waals surface area contributed by atoms with E-state index in [1.807, 2.05) is 13.0 Å². The molecular formula is C21H28N4O. The Hall–Kier alpha value is -2.14. The second-order valence-electron chi connectivity index (χ2n) is 7.42. The fourth-order valence-corrected chi connectivity index (χ4v) is 4.40. The molecule has 1 aromatic carbocycles. The molecule has 2 aromatic rings. The zero-order valence-corrected chi connectivity index (χ0v) is 15.6. The number of nitrogens with one attached hydrogen (secondary N) is 1. The van der Waals surface area contributed by atoms with Crippen LogP contribution in [0.4, 0.5) is 0 Å². The van der Waals surface area contributed by atoms with E-state index in [0.717, 1.165) is 19.4 Å². The van der Waals surface area contributed by atoms with Crippen LogP contribution in [0.3, 0.4) is 0 Å². The van der Waals surface area contributed by atoms with Gasteiger partial charge in [-0.05, 0) is 57.7 Å². The van der Waals surface area contributed by atoms with Gasteiger partial charge in [-0.3, -0.25) is 9.48 Å². The van der Waals surface area contributed by atoms with Crippen LogP contribution < -0.4 is 5.32 Å². The van der Waals surface area contributed by atoms with Crippen molar-refractivity contribution in [2.75, 3.05) is 19.6 Å². The third-order valence-corrected chi connectivity index (χ3v) is 5.71. The highest BCUT2D eigenvalue weighted by atomic mass is 16.1. The van der Waals surface area contributed by atoms with E-state index >= 15 is 0 Å². The number of likely N-dealkylation sites (tertiary alicyclic amines) is 1. The molecule has 1 aliphatic heterocycles. The number of aromatic nitrogens is 2. The van der Waals surface area contributed by atoms with Crippen molar-refractivity contribution in [3.05, 3.63) is 52.8 Å². The molecule has 1 atom stereocenters. The third-order valence-electron chi connectivity index (χ3n) is 5.71. The Labute approximate surface area is 155 Å². The molecule has 4 rings (SSSR count). The van der Waals surface area contributed by atoms with Gasteiger partial charge in [0.1, 0.15) is 0 Å². The van der Waals surface area contributed by atoms with Crippen molar-refractivity contribution >= 4 is 5.91 Å². The van der Waals surface area contributed by atoms with E-state index in [1.165, 1.54) is 49.2 Å². The van der Waals surface area contributed by atoms with Crippen LogP contribution in [0.1, 0.15) is 53.5 Å². The molecule has 138 valence electrons. The Morgan fingerprint density at radius 2 is 2.00 bits per heavy atom. The maximum atomic E-state index is 12.6. The summed E-state index contributed by atoms with van der Waals surface area (Å²) < 4.78 is 2.06. The summed E-state index contributed by atoms with van der Waals surface area (Å²) in [4.78, 5) is 15.2. The van der Waals surface area contributed by atoms with Crippen LogP contribution in [0.2, 0.25) is 0 Å². The monoisotopic (exact) mass is 352 g/mol. The summed E-state index contributed by atoms with van der Waals surface area (Å²) >= 11 is 0. The van der Waals surface area contributed by atoms with E-state index in [-0.39, 0.29) is 5.91 Å². The highest BCUT2D eigenvalue weighted by molar-refractivity contribution is 5.94. The molecule has 0 saturated carbocycles. The van der Waals surface area contributed by atoms with E-state index in [0.29, 0.717) is 18.3 Å². The molecule has 0 unspecified atom stereocenters. The normalized spacial score (nSPS) is 20.1. The molecule has 1 amide bonds. The van der Waals surface area contributed by atoms with Crippen LogP contribution in [0, 0.1) is 0 Å². The van der Waals surface area contributed by atoms with Crippen molar-refractivity contribution < 1.29 is 4.79 Å². The zero-order chi connectivity index (χ0) is 17.9. The Kier molecular flexibility index (Phi) is 5.07. The number of rotatable bonds is 5. The topological polar surface area (TPSA) is 50.2 Å². The second-order valence-corrected chi connectivity index (χ2v) is 7.42. The average molecular weight is 352 g/mol. The summed E-state index contributed by atoms with van der Waals surface area (Å²) in [6.45, 7) is 5.73. The number of hydrogen-bond acceptors (Lipinski definition) is 3. The minimum absolute atomic E-state index is 0.0300. The van der Waals surface area contributed by atoms with Gasteiger partial charge in [-0.2, -0.15) is 5.10 Å². The number of carbonyl (C=O) groups is 1. The summed E-state index contributed by atoms with van der Waals surface area (Å²) in [5.41, 5.74) is 4.30. The van der Waals surface area contributed by atoms with Crippen molar-refractivity contribution in [1.29, 1.82) is 0 Å². The number of fused-ring (bicyclic) bond motifs is 1. The first-order valence-corrected chi connectivity index (χ1v) is 9.91. The molecule has 1 aliphatic carbocycles. The summed E-state index contributed by atoms with van der Waals surface area (Å²) in [6.07, 6.45) is 5.74. The van der Waals surface area contributed by atoms with Crippen LogP contribution >= 0.6 is 0 Å². The average Bonchev–Trinajstić information content (AvgIpc) is 3.31. The quantitative estimate of drug-likeness (QED) is 0.900. The molecule has 5 heteroatoms. The van der Waals surface area contributed by atoms with Crippen LogP contribution in [0.5, 0.6) is 0 Å². The van der Waals surface area contributed by atoms with E-state index in [1.54, 1.807) is 0 Å². The van der Waals surface area contributed by atoms with Crippen LogP contribution in [-0.2, 0) is 19.4 Å². The summed E-state index contributed by atoms with van der Waals surface area (Å²) in [7, 11) is 0. The number of benzene rings is 1. The van der Waals surface area contributed by atoms with E-state index in [9.17, 15) is 4.79 Å². The maximum Gasteiger partial charge on any atom is 0.272 e. The highest BCUT2D eigenvalue weighted by Crippen LogP contribution is 2.29. The molecule has 0 spiro atoms. The summed E-state index contributed by atoms with van der Waals surface area (Å²) in [5, 5.41) is 7.70. The molecule has 5 nitrogen and oxygen atoms in total. The Bertz CT molecular complexity index is 762. The Balaban J connectivity index is 1.64. The van der Waals surface area contributed by atoms with Gasteiger partial charge in [-0.1, -0.05) is 30.3 Å². The van der Waals surface area contributed by atoms with Crippen molar-refractivity contribution in [1.82, 2.24) is 20.0 Å². The van der Waals surface area contributed by atoms with E-state index < -0.39 is 0 Å². The Morgan fingerprint density at radius 1 is 1.23 bits per heavy atom. The summed E-state index contributed by atoms with van der Waals surface area (Å²) in [6, 6.07) is 10.9. The molecule has 0 bridgehead atoms. The SMILES string of the molecule is CCNC(=O)c1nn(Cc2ccccc2)c2c1C[C@@H](N1CCCC1)CC2. The molecule has 0 radical (unpaired) electrons. The lowest BCUT2D eigenvalue weighted by Gasteiger charge is -2.31. The van der Waals surface area contributed by atoms with E-state index in [4.69, 9.17) is 5.10 Å². The number of amides is 1. The first-order chi connectivity index (χ1) is 12.8. The van der Waals surface area contributed by atoms with Crippen LogP contribution in [0.25, 0.3) is 0 Å². The van der Waals surface area contributed by atoms with Crippen molar-refractivity contribution in [2.45, 2.75) is 51.6 Å². The maximum absolute atomic E-state index is 12.6. The molecule has 1 saturated heterocycles. The lowest BCUT2D eigenvalue weighted by atomic mass is 9.90. The smallest absolute Gasteiger partial charge is 0.272 e. The van der Waals surface area contributed by atoms with Gasteiger partial charge in [0, 0.05) is 23.8 Å². The van der Waals surface area contributed by atoms with Gasteiger partial charge in [0.2, 0.25) is 0 Å². The lowest BCUT2D eigenvalue weighted by molar-refractivity contribution is 0.0948. The highest BCUT2D eigenvalue weighted by Gasteiger charge is 2.32. The van der Waals surface area contributed by atoms with Gasteiger partial charge < -0.3 is 10.2 Å². The van der Waals surface area contributed by atoms with Gasteiger partial charge >= 0.3 is 0 Å². The molecule has 2 heterocycles. The molecule has 2 aliphatic rings. The third kappa shape index (κ3) is 3.40. The zero-order valence-electron chi connectivity index (χ0n) is 15.6. The van der Waals surface area contributed by atoms with Gasteiger partial charge in [-0.25, -0.2) is 0 Å². The second kappa shape index (κ2) is 7.62. The minimum atomic E-state index is -0.0300. The molecule has 1 fully saturated rings. The van der Waals surface area contributed by atoms with Crippen LogP contribution in [-0.4, -0.2) is 46.3 Å².